The molecule has 1 aliphatic rings. The Balaban J connectivity index is 1.51. The van der Waals surface area contributed by atoms with Gasteiger partial charge in [0, 0.05) is 31.4 Å². The standard InChI is InChI=1S/C20H23N3O5/c1-15-2-7-19(18(12-15)23(25)26)28-14-20(24)21-17-5-3-16(4-6-17)13-22-8-10-27-11-9-22/h2-7,12H,8-11,13-14H2,1H3,(H,21,24). The van der Waals surface area contributed by atoms with Gasteiger partial charge < -0.3 is 14.8 Å². The smallest absolute Gasteiger partial charge is 0.311 e. The number of carbonyl (C=O) groups is 1. The normalized spacial score (nSPS) is 14.5. The highest BCUT2D eigenvalue weighted by molar-refractivity contribution is 5.91. The Kier molecular flexibility index (Phi) is 6.57. The van der Waals surface area contributed by atoms with Crippen LogP contribution in [0.15, 0.2) is 42.5 Å². The van der Waals surface area contributed by atoms with Crippen molar-refractivity contribution in [2.24, 2.45) is 0 Å². The molecule has 8 nitrogen and oxygen atoms in total. The SMILES string of the molecule is Cc1ccc(OCC(=O)Nc2ccc(CN3CCOCC3)cc2)c([N+](=O)[O-])c1. The molecule has 0 aromatic heterocycles. The number of hydrogen-bond donors (Lipinski definition) is 1. The zero-order chi connectivity index (χ0) is 19.9. The Morgan fingerprint density at radius 1 is 1.21 bits per heavy atom. The molecular weight excluding hydrogens is 362 g/mol. The van der Waals surface area contributed by atoms with Crippen LogP contribution in [0.5, 0.6) is 5.75 Å². The van der Waals surface area contributed by atoms with Crippen molar-refractivity contribution >= 4 is 17.3 Å². The predicted molar refractivity (Wildman–Crippen MR) is 104 cm³/mol. The lowest BCUT2D eigenvalue weighted by atomic mass is 10.2. The molecule has 2 aromatic rings. The molecule has 148 valence electrons. The number of morpholine rings is 1. The van der Waals surface area contributed by atoms with E-state index in [9.17, 15) is 14.9 Å². The van der Waals surface area contributed by atoms with E-state index >= 15 is 0 Å². The van der Waals surface area contributed by atoms with Crippen LogP contribution >= 0.6 is 0 Å². The van der Waals surface area contributed by atoms with Crippen LogP contribution in [0.2, 0.25) is 0 Å². The van der Waals surface area contributed by atoms with E-state index < -0.39 is 4.92 Å². The van der Waals surface area contributed by atoms with Crippen molar-refractivity contribution < 1.29 is 19.2 Å². The van der Waals surface area contributed by atoms with Gasteiger partial charge in [0.15, 0.2) is 12.4 Å². The first kappa shape index (κ1) is 19.8. The summed E-state index contributed by atoms with van der Waals surface area (Å²) in [5, 5.41) is 13.8. The molecule has 1 aliphatic heterocycles. The van der Waals surface area contributed by atoms with E-state index in [1.54, 1.807) is 13.0 Å². The van der Waals surface area contributed by atoms with Crippen LogP contribution in [0.1, 0.15) is 11.1 Å². The maximum atomic E-state index is 12.1. The van der Waals surface area contributed by atoms with Gasteiger partial charge in [0.25, 0.3) is 5.91 Å². The first-order chi connectivity index (χ1) is 13.5. The average Bonchev–Trinajstić information content (AvgIpc) is 2.69. The summed E-state index contributed by atoms with van der Waals surface area (Å²) in [6.07, 6.45) is 0. The third-order valence-electron chi connectivity index (χ3n) is 4.42. The second kappa shape index (κ2) is 9.29. The lowest BCUT2D eigenvalue weighted by molar-refractivity contribution is -0.385. The number of nitrogens with zero attached hydrogens (tertiary/aromatic N) is 2. The minimum Gasteiger partial charge on any atom is -0.477 e. The number of benzene rings is 2. The fraction of sp³-hybridized carbons (Fsp3) is 0.350. The molecule has 0 aliphatic carbocycles. The van der Waals surface area contributed by atoms with E-state index in [4.69, 9.17) is 9.47 Å². The number of nitrogens with one attached hydrogen (secondary N) is 1. The fourth-order valence-electron chi connectivity index (χ4n) is 2.94. The van der Waals surface area contributed by atoms with Gasteiger partial charge in [-0.3, -0.25) is 19.8 Å². The van der Waals surface area contributed by atoms with Crippen molar-refractivity contribution in [1.29, 1.82) is 0 Å². The molecule has 1 fully saturated rings. The minimum atomic E-state index is -0.520. The molecule has 0 atom stereocenters. The van der Waals surface area contributed by atoms with Gasteiger partial charge in [-0.2, -0.15) is 0 Å². The summed E-state index contributed by atoms with van der Waals surface area (Å²) in [7, 11) is 0. The van der Waals surface area contributed by atoms with Crippen LogP contribution in [0.4, 0.5) is 11.4 Å². The third-order valence-corrected chi connectivity index (χ3v) is 4.42. The lowest BCUT2D eigenvalue weighted by Gasteiger charge is -2.26. The van der Waals surface area contributed by atoms with Crippen LogP contribution in [-0.4, -0.2) is 48.6 Å². The van der Waals surface area contributed by atoms with E-state index in [-0.39, 0.29) is 24.0 Å². The highest BCUT2D eigenvalue weighted by atomic mass is 16.6. The quantitative estimate of drug-likeness (QED) is 0.582. The highest BCUT2D eigenvalue weighted by Gasteiger charge is 2.16. The summed E-state index contributed by atoms with van der Waals surface area (Å²) in [4.78, 5) is 25.0. The molecule has 0 unspecified atom stereocenters. The summed E-state index contributed by atoms with van der Waals surface area (Å²) >= 11 is 0. The molecule has 1 heterocycles. The Hall–Kier alpha value is -2.97. The van der Waals surface area contributed by atoms with E-state index in [2.05, 4.69) is 10.2 Å². The van der Waals surface area contributed by atoms with Crippen LogP contribution in [-0.2, 0) is 16.1 Å². The van der Waals surface area contributed by atoms with Gasteiger partial charge >= 0.3 is 5.69 Å². The van der Waals surface area contributed by atoms with Crippen molar-refractivity contribution in [1.82, 2.24) is 4.90 Å². The van der Waals surface area contributed by atoms with Gasteiger partial charge in [0.1, 0.15) is 0 Å². The lowest BCUT2D eigenvalue weighted by Crippen LogP contribution is -2.35. The summed E-state index contributed by atoms with van der Waals surface area (Å²) in [5.41, 5.74) is 2.41. The summed E-state index contributed by atoms with van der Waals surface area (Å²) in [6, 6.07) is 12.2. The van der Waals surface area contributed by atoms with E-state index in [0.717, 1.165) is 44.0 Å². The molecule has 1 saturated heterocycles. The number of ether oxygens (including phenoxy) is 2. The van der Waals surface area contributed by atoms with E-state index in [1.165, 1.54) is 12.1 Å². The second-order valence-corrected chi connectivity index (χ2v) is 6.65. The number of amides is 1. The second-order valence-electron chi connectivity index (χ2n) is 6.65. The van der Waals surface area contributed by atoms with Gasteiger partial charge in [0.05, 0.1) is 18.1 Å². The Morgan fingerprint density at radius 2 is 1.93 bits per heavy atom. The topological polar surface area (TPSA) is 93.9 Å². The summed E-state index contributed by atoms with van der Waals surface area (Å²) in [5.74, 6) is -0.303. The Labute approximate surface area is 163 Å². The van der Waals surface area contributed by atoms with Crippen LogP contribution < -0.4 is 10.1 Å². The van der Waals surface area contributed by atoms with Crippen molar-refractivity contribution in [3.8, 4) is 5.75 Å². The fourth-order valence-corrected chi connectivity index (χ4v) is 2.94. The molecule has 0 bridgehead atoms. The molecule has 0 saturated carbocycles. The third kappa shape index (κ3) is 5.51. The van der Waals surface area contributed by atoms with Gasteiger partial charge in [0.2, 0.25) is 0 Å². The van der Waals surface area contributed by atoms with Gasteiger partial charge in [-0.1, -0.05) is 18.2 Å². The van der Waals surface area contributed by atoms with Crippen LogP contribution in [0.3, 0.4) is 0 Å². The number of carbonyl (C=O) groups excluding carboxylic acids is 1. The van der Waals surface area contributed by atoms with Crippen molar-refractivity contribution in [2.45, 2.75) is 13.5 Å². The number of anilines is 1. The number of nitro benzene ring substituents is 1. The largest absolute Gasteiger partial charge is 0.477 e. The summed E-state index contributed by atoms with van der Waals surface area (Å²) in [6.45, 7) is 5.64. The first-order valence-corrected chi connectivity index (χ1v) is 9.08. The monoisotopic (exact) mass is 385 g/mol. The molecule has 1 N–H and O–H groups in total. The van der Waals surface area contributed by atoms with E-state index in [1.807, 2.05) is 24.3 Å². The number of nitro groups is 1. The highest BCUT2D eigenvalue weighted by Crippen LogP contribution is 2.27. The van der Waals surface area contributed by atoms with Crippen molar-refractivity contribution in [2.75, 3.05) is 38.2 Å². The molecule has 0 radical (unpaired) electrons. The predicted octanol–water partition coefficient (Wildman–Crippen LogP) is 2.75. The number of hydrogen-bond acceptors (Lipinski definition) is 6. The molecule has 1 amide bonds. The van der Waals surface area contributed by atoms with Crippen molar-refractivity contribution in [3.05, 3.63) is 63.7 Å². The van der Waals surface area contributed by atoms with Crippen LogP contribution in [0.25, 0.3) is 0 Å². The molecule has 3 rings (SSSR count). The Morgan fingerprint density at radius 3 is 2.61 bits per heavy atom. The molecule has 2 aromatic carbocycles. The Bertz CT molecular complexity index is 832. The molecule has 28 heavy (non-hydrogen) atoms. The maximum Gasteiger partial charge on any atom is 0.311 e. The number of rotatable bonds is 7. The molecule has 8 heteroatoms. The zero-order valence-electron chi connectivity index (χ0n) is 15.7. The zero-order valence-corrected chi connectivity index (χ0v) is 15.7. The minimum absolute atomic E-state index is 0.0756. The number of aryl methyl sites for hydroxylation is 1. The van der Waals surface area contributed by atoms with Gasteiger partial charge in [-0.25, -0.2) is 0 Å². The average molecular weight is 385 g/mol. The van der Waals surface area contributed by atoms with Crippen molar-refractivity contribution in [3.63, 3.8) is 0 Å². The summed E-state index contributed by atoms with van der Waals surface area (Å²) < 4.78 is 10.7. The van der Waals surface area contributed by atoms with Crippen LogP contribution in [0, 0.1) is 17.0 Å². The molecular formula is C20H23N3O5. The van der Waals surface area contributed by atoms with Gasteiger partial charge in [-0.15, -0.1) is 0 Å². The first-order valence-electron chi connectivity index (χ1n) is 9.08. The molecule has 0 spiro atoms. The van der Waals surface area contributed by atoms with Gasteiger partial charge in [-0.05, 0) is 36.2 Å². The van der Waals surface area contributed by atoms with E-state index in [0.29, 0.717) is 5.69 Å². The maximum absolute atomic E-state index is 12.1.